The first kappa shape index (κ1) is 20.8. The van der Waals surface area contributed by atoms with Gasteiger partial charge in [0, 0.05) is 18.2 Å². The van der Waals surface area contributed by atoms with Gasteiger partial charge < -0.3 is 19.4 Å². The third kappa shape index (κ3) is 4.33. The predicted octanol–water partition coefficient (Wildman–Crippen LogP) is 3.28. The number of aliphatic hydroxyl groups is 2. The number of aryl methyl sites for hydroxylation is 1. The number of nitrogens with zero attached hydrogens (tertiary/aromatic N) is 2. The lowest BCUT2D eigenvalue weighted by Crippen LogP contribution is -2.27. The Morgan fingerprint density at radius 1 is 1.23 bits per heavy atom. The van der Waals surface area contributed by atoms with Crippen LogP contribution in [0, 0.1) is 5.41 Å². The molecule has 0 spiro atoms. The zero-order valence-electron chi connectivity index (χ0n) is 17.5. The fourth-order valence-corrected chi connectivity index (χ4v) is 3.68. The van der Waals surface area contributed by atoms with Crippen LogP contribution in [0.25, 0.3) is 22.4 Å². The van der Waals surface area contributed by atoms with Crippen molar-refractivity contribution in [2.75, 3.05) is 6.61 Å². The summed E-state index contributed by atoms with van der Waals surface area (Å²) in [5.74, 6) is 0.637. The molecule has 30 heavy (non-hydrogen) atoms. The van der Waals surface area contributed by atoms with Crippen LogP contribution in [-0.2, 0) is 11.2 Å². The highest BCUT2D eigenvalue weighted by Crippen LogP contribution is 2.30. The van der Waals surface area contributed by atoms with E-state index in [0.717, 1.165) is 18.4 Å². The molecule has 3 atom stereocenters. The van der Waals surface area contributed by atoms with Gasteiger partial charge in [0.15, 0.2) is 0 Å². The van der Waals surface area contributed by atoms with Gasteiger partial charge in [-0.05, 0) is 29.9 Å². The molecule has 0 aliphatic carbocycles. The van der Waals surface area contributed by atoms with E-state index in [1.807, 2.05) is 18.2 Å². The highest BCUT2D eigenvalue weighted by atomic mass is 16.5. The number of hydrogen-bond donors (Lipinski definition) is 2. The number of aromatic nitrogens is 2. The van der Waals surface area contributed by atoms with Crippen molar-refractivity contribution in [2.24, 2.45) is 5.41 Å². The van der Waals surface area contributed by atoms with Crippen molar-refractivity contribution in [2.45, 2.75) is 58.5 Å². The maximum absolute atomic E-state index is 12.4. The summed E-state index contributed by atoms with van der Waals surface area (Å²) in [5, 5.41) is 19.9. The zero-order valence-corrected chi connectivity index (χ0v) is 17.5. The fraction of sp³-hybridized carbons (Fsp3) is 0.478. The molecule has 7 heteroatoms. The van der Waals surface area contributed by atoms with E-state index in [2.05, 4.69) is 37.9 Å². The van der Waals surface area contributed by atoms with Gasteiger partial charge in [-0.3, -0.25) is 4.57 Å². The molecule has 2 aromatic heterocycles. The van der Waals surface area contributed by atoms with Gasteiger partial charge in [0.2, 0.25) is 5.71 Å². The van der Waals surface area contributed by atoms with E-state index < -0.39 is 24.1 Å². The average Bonchev–Trinajstić information content (AvgIpc) is 3.28. The molecule has 1 aliphatic heterocycles. The number of aliphatic hydroxyl groups excluding tert-OH is 2. The fourth-order valence-electron chi connectivity index (χ4n) is 3.68. The zero-order chi connectivity index (χ0) is 21.5. The van der Waals surface area contributed by atoms with Crippen LogP contribution in [0.4, 0.5) is 0 Å². The van der Waals surface area contributed by atoms with Crippen LogP contribution in [0.2, 0.25) is 0 Å². The van der Waals surface area contributed by atoms with Crippen LogP contribution < -0.4 is 5.69 Å². The van der Waals surface area contributed by atoms with Gasteiger partial charge in [-0.2, -0.15) is 4.98 Å². The highest BCUT2D eigenvalue weighted by molar-refractivity contribution is 5.79. The molecule has 3 heterocycles. The maximum Gasteiger partial charge on any atom is 0.353 e. The summed E-state index contributed by atoms with van der Waals surface area (Å²) in [5.41, 5.74) is 2.24. The van der Waals surface area contributed by atoms with Crippen LogP contribution in [0.5, 0.6) is 0 Å². The van der Waals surface area contributed by atoms with Crippen molar-refractivity contribution < 1.29 is 19.4 Å². The van der Waals surface area contributed by atoms with Gasteiger partial charge in [-0.1, -0.05) is 45.0 Å². The molecular formula is C23H28N2O5. The second kappa shape index (κ2) is 7.98. The van der Waals surface area contributed by atoms with Crippen molar-refractivity contribution in [1.82, 2.24) is 9.55 Å². The largest absolute Gasteiger partial charge is 0.437 e. The Bertz CT molecular complexity index is 1080. The minimum atomic E-state index is -0.820. The topological polar surface area (TPSA) is 97.7 Å². The molecule has 0 saturated carbocycles. The van der Waals surface area contributed by atoms with Crippen LogP contribution in [0.1, 0.15) is 45.4 Å². The van der Waals surface area contributed by atoms with Crippen molar-refractivity contribution in [3.05, 3.63) is 52.6 Å². The average molecular weight is 412 g/mol. The summed E-state index contributed by atoms with van der Waals surface area (Å²) in [6.07, 6.45) is 1.80. The van der Waals surface area contributed by atoms with Gasteiger partial charge in [-0.15, -0.1) is 0 Å². The molecule has 7 nitrogen and oxygen atoms in total. The number of ether oxygens (including phenoxy) is 1. The molecule has 0 bridgehead atoms. The number of rotatable bonds is 5. The Morgan fingerprint density at radius 2 is 1.97 bits per heavy atom. The van der Waals surface area contributed by atoms with Gasteiger partial charge in [0.25, 0.3) is 0 Å². The van der Waals surface area contributed by atoms with Crippen LogP contribution in [-0.4, -0.2) is 38.6 Å². The van der Waals surface area contributed by atoms with E-state index in [1.165, 1.54) is 10.1 Å². The first-order chi connectivity index (χ1) is 14.2. The van der Waals surface area contributed by atoms with Crippen LogP contribution in [0.15, 0.2) is 45.7 Å². The van der Waals surface area contributed by atoms with E-state index in [4.69, 9.17) is 9.15 Å². The van der Waals surface area contributed by atoms with Crippen molar-refractivity contribution in [3.8, 4) is 11.3 Å². The number of benzene rings is 1. The monoisotopic (exact) mass is 412 g/mol. The van der Waals surface area contributed by atoms with Crippen molar-refractivity contribution in [3.63, 3.8) is 0 Å². The number of furan rings is 1. The molecule has 3 aromatic rings. The Balaban J connectivity index is 1.57. The molecule has 0 radical (unpaired) electrons. The first-order valence-corrected chi connectivity index (χ1v) is 10.3. The minimum Gasteiger partial charge on any atom is -0.437 e. The van der Waals surface area contributed by atoms with Crippen LogP contribution in [0.3, 0.4) is 0 Å². The standard InChI is InChI=1S/C23H28N2O5/c1-23(2,3)9-8-14-4-6-15(7-5-14)18-10-16-12-25(22(28)24-21(16)30-18)20-11-17(27)19(13-26)29-20/h4-7,10,12,17,19-20,26-27H,8-9,11,13H2,1-3H3/t17-,19+,20+/m0/s1. The van der Waals surface area contributed by atoms with E-state index >= 15 is 0 Å². The molecule has 0 unspecified atom stereocenters. The highest BCUT2D eigenvalue weighted by Gasteiger charge is 2.35. The Labute approximate surface area is 174 Å². The van der Waals surface area contributed by atoms with E-state index in [1.54, 1.807) is 6.20 Å². The summed E-state index contributed by atoms with van der Waals surface area (Å²) in [4.78, 5) is 16.5. The van der Waals surface area contributed by atoms with Gasteiger partial charge in [0.1, 0.15) is 18.1 Å². The SMILES string of the molecule is CC(C)(C)CCc1ccc(-c2cc3cn([C@H]4C[C@H](O)[C@@H](CO)O4)c(=O)nc3o2)cc1. The molecule has 4 rings (SSSR count). The molecule has 1 aromatic carbocycles. The molecular weight excluding hydrogens is 384 g/mol. The van der Waals surface area contributed by atoms with Crippen LogP contribution >= 0.6 is 0 Å². The molecule has 1 fully saturated rings. The van der Waals surface area contributed by atoms with Gasteiger partial charge >= 0.3 is 5.69 Å². The van der Waals surface area contributed by atoms with Gasteiger partial charge in [0.05, 0.1) is 18.1 Å². The number of fused-ring (bicyclic) bond motifs is 1. The third-order valence-electron chi connectivity index (χ3n) is 5.53. The maximum atomic E-state index is 12.4. The summed E-state index contributed by atoms with van der Waals surface area (Å²) < 4.78 is 12.7. The molecule has 0 amide bonds. The number of hydrogen-bond acceptors (Lipinski definition) is 6. The quantitative estimate of drug-likeness (QED) is 0.667. The third-order valence-corrected chi connectivity index (χ3v) is 5.53. The Kier molecular flexibility index (Phi) is 5.53. The Hall–Kier alpha value is -2.48. The molecule has 160 valence electrons. The Morgan fingerprint density at radius 3 is 2.60 bits per heavy atom. The van der Waals surface area contributed by atoms with Crippen molar-refractivity contribution >= 4 is 11.1 Å². The lowest BCUT2D eigenvalue weighted by Gasteiger charge is -2.17. The molecule has 2 N–H and O–H groups in total. The van der Waals surface area contributed by atoms with E-state index in [0.29, 0.717) is 16.6 Å². The second-order valence-electron chi connectivity index (χ2n) is 9.17. The van der Waals surface area contributed by atoms with E-state index in [9.17, 15) is 15.0 Å². The molecule has 1 saturated heterocycles. The lowest BCUT2D eigenvalue weighted by atomic mass is 9.88. The second-order valence-corrected chi connectivity index (χ2v) is 9.17. The first-order valence-electron chi connectivity index (χ1n) is 10.3. The van der Waals surface area contributed by atoms with E-state index in [-0.39, 0.29) is 18.7 Å². The smallest absolute Gasteiger partial charge is 0.353 e. The normalized spacial score (nSPS) is 22.1. The lowest BCUT2D eigenvalue weighted by molar-refractivity contribution is -0.0457. The summed E-state index contributed by atoms with van der Waals surface area (Å²) in [6.45, 7) is 6.41. The summed E-state index contributed by atoms with van der Waals surface area (Å²) in [6, 6.07) is 10.1. The summed E-state index contributed by atoms with van der Waals surface area (Å²) in [7, 11) is 0. The molecule has 1 aliphatic rings. The predicted molar refractivity (Wildman–Crippen MR) is 113 cm³/mol. The van der Waals surface area contributed by atoms with Gasteiger partial charge in [-0.25, -0.2) is 4.79 Å². The summed E-state index contributed by atoms with van der Waals surface area (Å²) >= 11 is 0. The minimum absolute atomic E-state index is 0.221. The van der Waals surface area contributed by atoms with Crippen molar-refractivity contribution in [1.29, 1.82) is 0 Å².